The molecule has 0 unspecified atom stereocenters. The van der Waals surface area contributed by atoms with Gasteiger partial charge in [0.25, 0.3) is 0 Å². The first-order chi connectivity index (χ1) is 9.08. The van der Waals surface area contributed by atoms with Crippen LogP contribution in [-0.4, -0.2) is 26.7 Å². The van der Waals surface area contributed by atoms with Crippen molar-refractivity contribution in [1.29, 1.82) is 0 Å². The van der Waals surface area contributed by atoms with E-state index in [1.54, 1.807) is 14.2 Å². The Morgan fingerprint density at radius 3 is 2.63 bits per heavy atom. The van der Waals surface area contributed by atoms with Gasteiger partial charge in [-0.3, -0.25) is 0 Å². The summed E-state index contributed by atoms with van der Waals surface area (Å²) in [4.78, 5) is 4.30. The predicted molar refractivity (Wildman–Crippen MR) is 77.7 cm³/mol. The molecule has 0 radical (unpaired) electrons. The summed E-state index contributed by atoms with van der Waals surface area (Å²) in [7, 11) is 3.23. The summed E-state index contributed by atoms with van der Waals surface area (Å²) in [5.74, 6) is 2.37. The number of rotatable bonds is 6. The van der Waals surface area contributed by atoms with Gasteiger partial charge in [0.15, 0.2) is 17.5 Å². The molecule has 0 heterocycles. The van der Waals surface area contributed by atoms with Gasteiger partial charge in [-0.05, 0) is 12.0 Å². The van der Waals surface area contributed by atoms with Crippen molar-refractivity contribution in [2.45, 2.75) is 20.4 Å². The fraction of sp³-hybridized carbons (Fsp3) is 0.500. The van der Waals surface area contributed by atoms with Crippen LogP contribution in [0.15, 0.2) is 23.2 Å². The standard InChI is InChI=1S/C14H23N3O2/c1-10(2)8-16-14(15)17-9-11-6-5-7-12(18-3)13(11)19-4/h5-7,10H,8-9H2,1-4H3,(H3,15,16,17). The number of para-hydroxylation sites is 1. The molecular weight excluding hydrogens is 242 g/mol. The number of hydrogen-bond donors (Lipinski definition) is 2. The van der Waals surface area contributed by atoms with Gasteiger partial charge in [-0.25, -0.2) is 4.99 Å². The van der Waals surface area contributed by atoms with Gasteiger partial charge in [0, 0.05) is 12.1 Å². The van der Waals surface area contributed by atoms with Crippen molar-refractivity contribution in [3.63, 3.8) is 0 Å². The van der Waals surface area contributed by atoms with Gasteiger partial charge in [-0.1, -0.05) is 26.0 Å². The molecule has 0 atom stereocenters. The number of nitrogens with zero attached hydrogens (tertiary/aromatic N) is 1. The summed E-state index contributed by atoms with van der Waals surface area (Å²) in [6, 6.07) is 5.71. The van der Waals surface area contributed by atoms with E-state index in [4.69, 9.17) is 15.2 Å². The molecule has 19 heavy (non-hydrogen) atoms. The molecule has 0 aliphatic heterocycles. The lowest BCUT2D eigenvalue weighted by Gasteiger charge is -2.12. The molecule has 3 N–H and O–H groups in total. The first-order valence-corrected chi connectivity index (χ1v) is 6.32. The van der Waals surface area contributed by atoms with E-state index in [9.17, 15) is 0 Å². The Morgan fingerprint density at radius 1 is 1.32 bits per heavy atom. The highest BCUT2D eigenvalue weighted by Gasteiger charge is 2.08. The Hall–Kier alpha value is -1.91. The van der Waals surface area contributed by atoms with Crippen molar-refractivity contribution in [2.24, 2.45) is 16.6 Å². The second kappa shape index (κ2) is 7.51. The van der Waals surface area contributed by atoms with Crippen LogP contribution in [-0.2, 0) is 6.54 Å². The summed E-state index contributed by atoms with van der Waals surface area (Å²) >= 11 is 0. The second-order valence-corrected chi connectivity index (χ2v) is 4.63. The van der Waals surface area contributed by atoms with Crippen LogP contribution in [0.25, 0.3) is 0 Å². The number of methoxy groups -OCH3 is 2. The molecule has 1 aromatic rings. The molecule has 0 saturated carbocycles. The third-order valence-electron chi connectivity index (χ3n) is 2.60. The zero-order valence-electron chi connectivity index (χ0n) is 12.1. The highest BCUT2D eigenvalue weighted by Crippen LogP contribution is 2.30. The lowest BCUT2D eigenvalue weighted by molar-refractivity contribution is 0.352. The topological polar surface area (TPSA) is 68.9 Å². The number of aliphatic imine (C=N–C) groups is 1. The Balaban J connectivity index is 2.74. The molecular formula is C14H23N3O2. The summed E-state index contributed by atoms with van der Waals surface area (Å²) in [5, 5.41) is 3.07. The summed E-state index contributed by atoms with van der Waals surface area (Å²) in [5.41, 5.74) is 6.74. The minimum Gasteiger partial charge on any atom is -0.493 e. The van der Waals surface area contributed by atoms with E-state index in [1.165, 1.54) is 0 Å². The molecule has 0 aliphatic rings. The molecule has 5 heteroatoms. The van der Waals surface area contributed by atoms with E-state index < -0.39 is 0 Å². The zero-order valence-corrected chi connectivity index (χ0v) is 12.1. The number of benzene rings is 1. The molecule has 0 saturated heterocycles. The molecule has 106 valence electrons. The van der Waals surface area contributed by atoms with Crippen LogP contribution in [0.3, 0.4) is 0 Å². The number of guanidine groups is 1. The maximum atomic E-state index is 5.80. The van der Waals surface area contributed by atoms with Crippen LogP contribution < -0.4 is 20.5 Å². The number of hydrogen-bond acceptors (Lipinski definition) is 3. The van der Waals surface area contributed by atoms with E-state index >= 15 is 0 Å². The third kappa shape index (κ3) is 4.69. The van der Waals surface area contributed by atoms with Gasteiger partial charge < -0.3 is 20.5 Å². The van der Waals surface area contributed by atoms with E-state index in [-0.39, 0.29) is 0 Å². The van der Waals surface area contributed by atoms with Crippen molar-refractivity contribution >= 4 is 5.96 Å². The minimum absolute atomic E-state index is 0.443. The van der Waals surface area contributed by atoms with Crippen molar-refractivity contribution < 1.29 is 9.47 Å². The summed E-state index contributed by atoms with van der Waals surface area (Å²) in [6.07, 6.45) is 0. The molecule has 0 aliphatic carbocycles. The van der Waals surface area contributed by atoms with E-state index in [0.717, 1.165) is 12.1 Å². The highest BCUT2D eigenvalue weighted by molar-refractivity contribution is 5.77. The van der Waals surface area contributed by atoms with Crippen molar-refractivity contribution in [3.8, 4) is 11.5 Å². The third-order valence-corrected chi connectivity index (χ3v) is 2.60. The first kappa shape index (κ1) is 15.1. The number of ether oxygens (including phenoxy) is 2. The van der Waals surface area contributed by atoms with Crippen LogP contribution >= 0.6 is 0 Å². The smallest absolute Gasteiger partial charge is 0.188 e. The lowest BCUT2D eigenvalue weighted by Crippen LogP contribution is -2.34. The van der Waals surface area contributed by atoms with Gasteiger partial charge in [-0.2, -0.15) is 0 Å². The molecule has 0 fully saturated rings. The first-order valence-electron chi connectivity index (χ1n) is 6.32. The maximum absolute atomic E-state index is 5.80. The van der Waals surface area contributed by atoms with Gasteiger partial charge >= 0.3 is 0 Å². The van der Waals surface area contributed by atoms with Gasteiger partial charge in [0.1, 0.15) is 0 Å². The van der Waals surface area contributed by atoms with E-state index in [1.807, 2.05) is 18.2 Å². The van der Waals surface area contributed by atoms with Crippen LogP contribution in [0.5, 0.6) is 11.5 Å². The molecule has 1 rings (SSSR count). The minimum atomic E-state index is 0.443. The lowest BCUT2D eigenvalue weighted by atomic mass is 10.2. The van der Waals surface area contributed by atoms with Gasteiger partial charge in [-0.15, -0.1) is 0 Å². The average molecular weight is 265 g/mol. The second-order valence-electron chi connectivity index (χ2n) is 4.63. The maximum Gasteiger partial charge on any atom is 0.188 e. The van der Waals surface area contributed by atoms with Crippen LogP contribution in [0.2, 0.25) is 0 Å². The normalized spacial score (nSPS) is 11.5. The number of nitrogens with two attached hydrogens (primary N) is 1. The SMILES string of the molecule is COc1cccc(CN=C(N)NCC(C)C)c1OC. The Kier molecular flexibility index (Phi) is 5.99. The van der Waals surface area contributed by atoms with Crippen molar-refractivity contribution in [2.75, 3.05) is 20.8 Å². The fourth-order valence-electron chi connectivity index (χ4n) is 1.61. The largest absolute Gasteiger partial charge is 0.493 e. The average Bonchev–Trinajstić information content (AvgIpc) is 2.42. The van der Waals surface area contributed by atoms with Crippen molar-refractivity contribution in [3.05, 3.63) is 23.8 Å². The molecule has 0 bridgehead atoms. The van der Waals surface area contributed by atoms with Crippen LogP contribution in [0.1, 0.15) is 19.4 Å². The van der Waals surface area contributed by atoms with Crippen LogP contribution in [0, 0.1) is 5.92 Å². The number of nitrogens with one attached hydrogen (secondary N) is 1. The molecule has 0 aromatic heterocycles. The molecule has 1 aromatic carbocycles. The molecule has 0 amide bonds. The Bertz CT molecular complexity index is 431. The van der Waals surface area contributed by atoms with E-state index in [2.05, 4.69) is 24.2 Å². The highest BCUT2D eigenvalue weighted by atomic mass is 16.5. The Labute approximate surface area is 114 Å². The van der Waals surface area contributed by atoms with Crippen LogP contribution in [0.4, 0.5) is 0 Å². The molecule has 5 nitrogen and oxygen atoms in total. The summed E-state index contributed by atoms with van der Waals surface area (Å²) < 4.78 is 10.6. The summed E-state index contributed by atoms with van der Waals surface area (Å²) in [6.45, 7) is 5.50. The molecule has 0 spiro atoms. The Morgan fingerprint density at radius 2 is 2.05 bits per heavy atom. The predicted octanol–water partition coefficient (Wildman–Crippen LogP) is 1.76. The van der Waals surface area contributed by atoms with Crippen molar-refractivity contribution in [1.82, 2.24) is 5.32 Å². The zero-order chi connectivity index (χ0) is 14.3. The van der Waals surface area contributed by atoms with E-state index in [0.29, 0.717) is 29.9 Å². The fourth-order valence-corrected chi connectivity index (χ4v) is 1.61. The quantitative estimate of drug-likeness (QED) is 0.607. The van der Waals surface area contributed by atoms with Gasteiger partial charge in [0.05, 0.1) is 20.8 Å². The van der Waals surface area contributed by atoms with Gasteiger partial charge in [0.2, 0.25) is 0 Å². The monoisotopic (exact) mass is 265 g/mol.